The predicted molar refractivity (Wildman–Crippen MR) is 182 cm³/mol. The molecule has 0 aromatic rings. The molecule has 7 N–H and O–H groups in total. The summed E-state index contributed by atoms with van der Waals surface area (Å²) in [5.41, 5.74) is 11.2. The lowest BCUT2D eigenvalue weighted by molar-refractivity contribution is -0.239. The molecule has 4 fully saturated rings. The van der Waals surface area contributed by atoms with Crippen LogP contribution in [0, 0.1) is 57.7 Å². The minimum Gasteiger partial charge on any atom is -0.462 e. The molecule has 0 radical (unpaired) electrons. The molecule has 4 saturated carbocycles. The molecule has 0 aliphatic heterocycles. The Labute approximate surface area is 279 Å². The number of aliphatic hydroxyl groups is 2. The molecule has 0 heterocycles. The number of carbonyl (C=O) groups is 2. The van der Waals surface area contributed by atoms with Crippen molar-refractivity contribution in [3.05, 3.63) is 0 Å². The van der Waals surface area contributed by atoms with E-state index < -0.39 is 6.10 Å². The zero-order valence-electron chi connectivity index (χ0n) is 30.1. The van der Waals surface area contributed by atoms with E-state index in [0.29, 0.717) is 44.4 Å². The van der Waals surface area contributed by atoms with Crippen LogP contribution >= 0.6 is 0 Å². The summed E-state index contributed by atoms with van der Waals surface area (Å²) in [6.45, 7) is 19.0. The first-order valence-electron chi connectivity index (χ1n) is 18.6. The van der Waals surface area contributed by atoms with Crippen LogP contribution in [0.25, 0.3) is 0 Å². The molecule has 0 aromatic carbocycles. The summed E-state index contributed by atoms with van der Waals surface area (Å²) < 4.78 is 6.20. The van der Waals surface area contributed by atoms with Gasteiger partial charge < -0.3 is 31.7 Å². The molecule has 266 valence electrons. The lowest BCUT2D eigenvalue weighted by Crippen LogP contribution is -2.66. The SMILES string of the molecule is CC(=O)O[C@H]1C[C@@]2(C)C(C[C@@H](O)[C@H]3[C@@]4(C)CC[C@@H](O)[C@@H](C)C4CC[C@@]32C)C1C(CCCC(C)C)C(=O)NCCN(CCN)CCN. The van der Waals surface area contributed by atoms with Gasteiger partial charge in [-0.25, -0.2) is 0 Å². The van der Waals surface area contributed by atoms with Crippen LogP contribution < -0.4 is 16.8 Å². The molecule has 0 bridgehead atoms. The average Bonchev–Trinajstić information content (AvgIpc) is 3.24. The van der Waals surface area contributed by atoms with Gasteiger partial charge in [0.15, 0.2) is 0 Å². The maximum absolute atomic E-state index is 14.3. The van der Waals surface area contributed by atoms with Crippen molar-refractivity contribution in [2.24, 2.45) is 69.1 Å². The monoisotopic (exact) mass is 649 g/mol. The minimum atomic E-state index is -0.502. The fourth-order valence-electron chi connectivity index (χ4n) is 11.7. The number of hydrogen-bond acceptors (Lipinski definition) is 8. The fraction of sp³-hybridized carbons (Fsp3) is 0.946. The van der Waals surface area contributed by atoms with Crippen LogP contribution in [0.5, 0.6) is 0 Å². The van der Waals surface area contributed by atoms with Gasteiger partial charge in [0, 0.05) is 58.0 Å². The standard InChI is InChI=1S/C37H68N4O5/c1-23(2)9-8-10-26(34(45)40-17-20-41(18-15-38)19-16-39)32-28-21-30(44)33-35(5)13-12-29(43)24(3)27(35)11-14-36(33,6)37(28,7)22-31(32)46-25(4)42/h23-24,26-33,43-44H,8-22,38-39H2,1-7H3,(H,40,45)/t24-,26?,27?,28?,29+,30+,31-,32?,33-,35-,36-,37-/m0/s1. The number of aliphatic hydroxyl groups excluding tert-OH is 2. The molecular formula is C37H68N4O5. The average molecular weight is 649 g/mol. The van der Waals surface area contributed by atoms with Crippen molar-refractivity contribution in [2.75, 3.05) is 39.3 Å². The number of nitrogens with zero attached hydrogens (tertiary/aromatic N) is 1. The molecule has 0 spiro atoms. The Morgan fingerprint density at radius 3 is 2.24 bits per heavy atom. The highest BCUT2D eigenvalue weighted by Gasteiger charge is 2.72. The second kappa shape index (κ2) is 15.1. The van der Waals surface area contributed by atoms with Gasteiger partial charge in [0.25, 0.3) is 0 Å². The van der Waals surface area contributed by atoms with Crippen molar-refractivity contribution in [2.45, 2.75) is 125 Å². The predicted octanol–water partition coefficient (Wildman–Crippen LogP) is 3.93. The van der Waals surface area contributed by atoms with E-state index in [9.17, 15) is 19.8 Å². The van der Waals surface area contributed by atoms with Crippen molar-refractivity contribution < 1.29 is 24.5 Å². The van der Waals surface area contributed by atoms with E-state index in [0.717, 1.165) is 64.5 Å². The molecule has 12 atom stereocenters. The highest BCUT2D eigenvalue weighted by molar-refractivity contribution is 5.79. The van der Waals surface area contributed by atoms with Crippen LogP contribution in [-0.4, -0.2) is 84.6 Å². The van der Waals surface area contributed by atoms with E-state index in [4.69, 9.17) is 16.2 Å². The largest absolute Gasteiger partial charge is 0.462 e. The number of nitrogens with one attached hydrogen (secondary N) is 1. The van der Waals surface area contributed by atoms with Crippen LogP contribution in [0.3, 0.4) is 0 Å². The number of amides is 1. The van der Waals surface area contributed by atoms with Gasteiger partial charge >= 0.3 is 5.97 Å². The summed E-state index contributed by atoms with van der Waals surface area (Å²) in [7, 11) is 0. The van der Waals surface area contributed by atoms with Crippen LogP contribution in [-0.2, 0) is 14.3 Å². The third-order valence-corrected chi connectivity index (χ3v) is 14.0. The fourth-order valence-corrected chi connectivity index (χ4v) is 11.7. The number of rotatable bonds is 14. The smallest absolute Gasteiger partial charge is 0.302 e. The molecule has 46 heavy (non-hydrogen) atoms. The second-order valence-electron chi connectivity index (χ2n) is 16.9. The molecular weight excluding hydrogens is 580 g/mol. The number of fused-ring (bicyclic) bond motifs is 5. The lowest BCUT2D eigenvalue weighted by Gasteiger charge is -2.69. The van der Waals surface area contributed by atoms with Crippen molar-refractivity contribution in [1.82, 2.24) is 10.2 Å². The topological polar surface area (TPSA) is 151 Å². The van der Waals surface area contributed by atoms with Crippen molar-refractivity contribution in [1.29, 1.82) is 0 Å². The molecule has 0 saturated heterocycles. The van der Waals surface area contributed by atoms with Gasteiger partial charge in [-0.15, -0.1) is 0 Å². The summed E-state index contributed by atoms with van der Waals surface area (Å²) in [6.07, 6.45) is 6.58. The zero-order chi connectivity index (χ0) is 34.0. The molecule has 4 aliphatic rings. The Kier molecular flexibility index (Phi) is 12.3. The molecule has 4 rings (SSSR count). The van der Waals surface area contributed by atoms with Crippen molar-refractivity contribution in [3.8, 4) is 0 Å². The Morgan fingerprint density at radius 2 is 1.63 bits per heavy atom. The van der Waals surface area contributed by atoms with Gasteiger partial charge in [0.1, 0.15) is 6.10 Å². The van der Waals surface area contributed by atoms with E-state index in [1.54, 1.807) is 0 Å². The molecule has 9 heteroatoms. The first-order valence-corrected chi connectivity index (χ1v) is 18.6. The van der Waals surface area contributed by atoms with Crippen LogP contribution in [0.4, 0.5) is 0 Å². The number of nitrogens with two attached hydrogens (primary N) is 2. The van der Waals surface area contributed by atoms with Gasteiger partial charge in [-0.2, -0.15) is 0 Å². The first-order chi connectivity index (χ1) is 21.6. The summed E-state index contributed by atoms with van der Waals surface area (Å²) >= 11 is 0. The quantitative estimate of drug-likeness (QED) is 0.178. The molecule has 4 unspecified atom stereocenters. The minimum absolute atomic E-state index is 0.0307. The molecule has 9 nitrogen and oxygen atoms in total. The van der Waals surface area contributed by atoms with Gasteiger partial charge in [0.2, 0.25) is 5.91 Å². The Balaban J connectivity index is 1.67. The Bertz CT molecular complexity index is 1040. The highest BCUT2D eigenvalue weighted by Crippen LogP contribution is 2.74. The summed E-state index contributed by atoms with van der Waals surface area (Å²) in [5, 5.41) is 26.3. The number of carbonyl (C=O) groups excluding carboxylic acids is 2. The summed E-state index contributed by atoms with van der Waals surface area (Å²) in [6, 6.07) is 0. The van der Waals surface area contributed by atoms with Crippen molar-refractivity contribution >= 4 is 11.9 Å². The van der Waals surface area contributed by atoms with Gasteiger partial charge in [0.05, 0.1) is 12.2 Å². The van der Waals surface area contributed by atoms with E-state index >= 15 is 0 Å². The molecule has 4 aliphatic carbocycles. The maximum Gasteiger partial charge on any atom is 0.302 e. The van der Waals surface area contributed by atoms with Crippen molar-refractivity contribution in [3.63, 3.8) is 0 Å². The van der Waals surface area contributed by atoms with E-state index in [2.05, 4.69) is 51.8 Å². The zero-order valence-corrected chi connectivity index (χ0v) is 30.1. The van der Waals surface area contributed by atoms with Crippen LogP contribution in [0.1, 0.15) is 106 Å². The third kappa shape index (κ3) is 7.05. The first kappa shape index (κ1) is 37.6. The number of ether oxygens (including phenoxy) is 1. The summed E-state index contributed by atoms with van der Waals surface area (Å²) in [5.74, 6) is 0.535. The van der Waals surface area contributed by atoms with Gasteiger partial charge in [-0.1, -0.05) is 54.4 Å². The van der Waals surface area contributed by atoms with Gasteiger partial charge in [-0.3, -0.25) is 14.5 Å². The third-order valence-electron chi connectivity index (χ3n) is 14.0. The van der Waals surface area contributed by atoms with Crippen LogP contribution in [0.15, 0.2) is 0 Å². The Morgan fingerprint density at radius 1 is 0.957 bits per heavy atom. The molecule has 1 amide bonds. The normalized spacial score (nSPS) is 41.1. The number of hydrogen-bond donors (Lipinski definition) is 5. The lowest BCUT2D eigenvalue weighted by atomic mass is 9.36. The van der Waals surface area contributed by atoms with Gasteiger partial charge in [-0.05, 0) is 90.8 Å². The highest BCUT2D eigenvalue weighted by atomic mass is 16.5. The maximum atomic E-state index is 14.3. The second-order valence-corrected chi connectivity index (χ2v) is 16.9. The van der Waals surface area contributed by atoms with Crippen LogP contribution in [0.2, 0.25) is 0 Å². The van der Waals surface area contributed by atoms with E-state index in [-0.39, 0.29) is 69.9 Å². The van der Waals surface area contributed by atoms with E-state index in [1.807, 2.05) is 0 Å². The number of esters is 1. The van der Waals surface area contributed by atoms with E-state index in [1.165, 1.54) is 6.92 Å². The Hall–Kier alpha value is -1.26. The molecule has 0 aromatic heterocycles. The summed E-state index contributed by atoms with van der Waals surface area (Å²) in [4.78, 5) is 29.1.